The van der Waals surface area contributed by atoms with E-state index in [-0.39, 0.29) is 0 Å². The number of hydrogen-bond donors (Lipinski definition) is 1. The van der Waals surface area contributed by atoms with Crippen molar-refractivity contribution >= 4 is 5.97 Å². The second kappa shape index (κ2) is 5.73. The highest BCUT2D eigenvalue weighted by Crippen LogP contribution is 2.26. The molecular formula is C13H16N4O2. The lowest BCUT2D eigenvalue weighted by Crippen LogP contribution is -2.52. The highest BCUT2D eigenvalue weighted by molar-refractivity contribution is 5.89. The highest BCUT2D eigenvalue weighted by atomic mass is 16.5. The van der Waals surface area contributed by atoms with Gasteiger partial charge in [-0.05, 0) is 30.6 Å². The molecule has 1 aliphatic heterocycles. The van der Waals surface area contributed by atoms with Crippen molar-refractivity contribution in [1.29, 1.82) is 0 Å². The van der Waals surface area contributed by atoms with Crippen LogP contribution >= 0.6 is 0 Å². The largest absolute Gasteiger partial charge is 0.457 e. The van der Waals surface area contributed by atoms with Crippen molar-refractivity contribution in [3.8, 4) is 0 Å². The molecule has 2 rings (SSSR count). The number of nitrogens with one attached hydrogen (secondary N) is 1. The Hall–Kier alpha value is -2.04. The van der Waals surface area contributed by atoms with Crippen molar-refractivity contribution in [2.24, 2.45) is 5.11 Å². The van der Waals surface area contributed by atoms with Gasteiger partial charge in [-0.1, -0.05) is 30.2 Å². The molecule has 0 bridgehead atoms. The first-order valence-corrected chi connectivity index (χ1v) is 6.19. The Balaban J connectivity index is 2.12. The summed E-state index contributed by atoms with van der Waals surface area (Å²) in [7, 11) is 0. The van der Waals surface area contributed by atoms with Crippen LogP contribution in [0.5, 0.6) is 0 Å². The second-order valence-electron chi connectivity index (χ2n) is 4.76. The molecule has 100 valence electrons. The van der Waals surface area contributed by atoms with Gasteiger partial charge in [0.2, 0.25) is 0 Å². The Labute approximate surface area is 111 Å². The molecule has 1 aromatic rings. The molecule has 1 fully saturated rings. The van der Waals surface area contributed by atoms with Crippen LogP contribution in [0.3, 0.4) is 0 Å². The number of piperidine rings is 1. The summed E-state index contributed by atoms with van der Waals surface area (Å²) < 4.78 is 5.48. The smallest absolute Gasteiger partial charge is 0.338 e. The van der Waals surface area contributed by atoms with Crippen molar-refractivity contribution in [2.45, 2.75) is 25.0 Å². The first-order valence-electron chi connectivity index (χ1n) is 6.19. The normalized spacial score (nSPS) is 26.3. The first-order chi connectivity index (χ1) is 9.15. The van der Waals surface area contributed by atoms with E-state index in [1.54, 1.807) is 24.3 Å². The van der Waals surface area contributed by atoms with Crippen LogP contribution in [0.4, 0.5) is 0 Å². The van der Waals surface area contributed by atoms with Crippen molar-refractivity contribution in [2.75, 3.05) is 13.1 Å². The molecular weight excluding hydrogens is 244 g/mol. The summed E-state index contributed by atoms with van der Waals surface area (Å²) >= 11 is 0. The molecule has 0 unspecified atom stereocenters. The zero-order chi connectivity index (χ0) is 13.7. The van der Waals surface area contributed by atoms with Crippen LogP contribution in [0.25, 0.3) is 10.4 Å². The number of benzene rings is 1. The number of esters is 1. The van der Waals surface area contributed by atoms with Gasteiger partial charge < -0.3 is 10.1 Å². The summed E-state index contributed by atoms with van der Waals surface area (Å²) in [6, 6.07) is 8.79. The fourth-order valence-electron chi connectivity index (χ4n) is 2.11. The van der Waals surface area contributed by atoms with E-state index >= 15 is 0 Å². The predicted molar refractivity (Wildman–Crippen MR) is 70.7 cm³/mol. The van der Waals surface area contributed by atoms with Gasteiger partial charge in [-0.2, -0.15) is 0 Å². The molecule has 0 aliphatic carbocycles. The zero-order valence-electron chi connectivity index (χ0n) is 10.7. The van der Waals surface area contributed by atoms with Crippen LogP contribution < -0.4 is 5.32 Å². The summed E-state index contributed by atoms with van der Waals surface area (Å²) in [5.41, 5.74) is 8.46. The van der Waals surface area contributed by atoms with Gasteiger partial charge in [0.05, 0.1) is 11.1 Å². The molecule has 1 heterocycles. The maximum absolute atomic E-state index is 12.0. The number of hydrogen-bond acceptors (Lipinski definition) is 4. The second-order valence-corrected chi connectivity index (χ2v) is 4.76. The third-order valence-corrected chi connectivity index (χ3v) is 3.36. The standard InChI is InChI=1S/C13H16N4O2/c1-13(16-17-14)7-8-15-9-11(13)19-12(18)10-5-3-2-4-6-10/h2-6,11,15H,7-9H2,1H3/t11-,13+/m0/s1. The molecule has 1 aliphatic rings. The lowest BCUT2D eigenvalue weighted by atomic mass is 9.88. The van der Waals surface area contributed by atoms with Gasteiger partial charge in [-0.25, -0.2) is 4.79 Å². The topological polar surface area (TPSA) is 87.1 Å². The van der Waals surface area contributed by atoms with E-state index in [9.17, 15) is 4.79 Å². The van der Waals surface area contributed by atoms with E-state index in [2.05, 4.69) is 15.3 Å². The molecule has 6 nitrogen and oxygen atoms in total. The molecule has 19 heavy (non-hydrogen) atoms. The van der Waals surface area contributed by atoms with Gasteiger partial charge in [0.1, 0.15) is 6.10 Å². The third kappa shape index (κ3) is 3.05. The van der Waals surface area contributed by atoms with Crippen LogP contribution in [0.15, 0.2) is 35.4 Å². The Morgan fingerprint density at radius 2 is 2.26 bits per heavy atom. The first kappa shape index (κ1) is 13.4. The summed E-state index contributed by atoms with van der Waals surface area (Å²) in [6.45, 7) is 3.06. The Kier molecular flexibility index (Phi) is 4.04. The fraction of sp³-hybridized carbons (Fsp3) is 0.462. The van der Waals surface area contributed by atoms with Gasteiger partial charge in [-0.15, -0.1) is 0 Å². The molecule has 0 radical (unpaired) electrons. The van der Waals surface area contributed by atoms with Crippen molar-refractivity contribution < 1.29 is 9.53 Å². The molecule has 6 heteroatoms. The molecule has 1 saturated heterocycles. The average Bonchev–Trinajstić information content (AvgIpc) is 2.43. The van der Waals surface area contributed by atoms with Gasteiger partial charge in [0, 0.05) is 11.5 Å². The monoisotopic (exact) mass is 260 g/mol. The Morgan fingerprint density at radius 3 is 2.95 bits per heavy atom. The maximum atomic E-state index is 12.0. The SMILES string of the molecule is C[C@@]1(N=[N+]=[N-])CCNC[C@@H]1OC(=O)c1ccccc1. The summed E-state index contributed by atoms with van der Waals surface area (Å²) in [4.78, 5) is 14.9. The molecule has 0 aromatic heterocycles. The Morgan fingerprint density at radius 1 is 1.53 bits per heavy atom. The minimum atomic E-state index is -0.690. The number of carbonyl (C=O) groups is 1. The number of carbonyl (C=O) groups excluding carboxylic acids is 1. The third-order valence-electron chi connectivity index (χ3n) is 3.36. The van der Waals surface area contributed by atoms with Crippen LogP contribution in [-0.2, 0) is 4.74 Å². The molecule has 1 N–H and O–H groups in total. The minimum Gasteiger partial charge on any atom is -0.457 e. The quantitative estimate of drug-likeness (QED) is 0.391. The van der Waals surface area contributed by atoms with Gasteiger partial charge >= 0.3 is 5.97 Å². The zero-order valence-corrected chi connectivity index (χ0v) is 10.7. The van der Waals surface area contributed by atoms with Gasteiger partial charge in [0.15, 0.2) is 0 Å². The lowest BCUT2D eigenvalue weighted by Gasteiger charge is -2.37. The van der Waals surface area contributed by atoms with E-state index in [1.165, 1.54) is 0 Å². The van der Waals surface area contributed by atoms with E-state index in [1.807, 2.05) is 13.0 Å². The van der Waals surface area contributed by atoms with Gasteiger partial charge in [0.25, 0.3) is 0 Å². The van der Waals surface area contributed by atoms with Crippen LogP contribution in [0.2, 0.25) is 0 Å². The number of nitrogens with zero attached hydrogens (tertiary/aromatic N) is 3. The number of rotatable bonds is 3. The molecule has 0 amide bonds. The van der Waals surface area contributed by atoms with E-state index in [0.29, 0.717) is 18.5 Å². The van der Waals surface area contributed by atoms with Crippen molar-refractivity contribution in [1.82, 2.24) is 5.32 Å². The van der Waals surface area contributed by atoms with Crippen molar-refractivity contribution in [3.63, 3.8) is 0 Å². The number of ether oxygens (including phenoxy) is 1. The number of azide groups is 1. The molecule has 0 saturated carbocycles. The highest BCUT2D eigenvalue weighted by Gasteiger charge is 2.38. The predicted octanol–water partition coefficient (Wildman–Crippen LogP) is 2.27. The van der Waals surface area contributed by atoms with Crippen LogP contribution in [0.1, 0.15) is 23.7 Å². The lowest BCUT2D eigenvalue weighted by molar-refractivity contribution is 0.00184. The van der Waals surface area contributed by atoms with E-state index in [4.69, 9.17) is 10.3 Å². The summed E-state index contributed by atoms with van der Waals surface area (Å²) in [5.74, 6) is -0.395. The fourth-order valence-corrected chi connectivity index (χ4v) is 2.11. The summed E-state index contributed by atoms with van der Waals surface area (Å²) in [6.07, 6.45) is 0.189. The van der Waals surface area contributed by atoms with Crippen molar-refractivity contribution in [3.05, 3.63) is 46.3 Å². The summed E-state index contributed by atoms with van der Waals surface area (Å²) in [5, 5.41) is 6.95. The van der Waals surface area contributed by atoms with Crippen LogP contribution in [0, 0.1) is 0 Å². The van der Waals surface area contributed by atoms with Crippen LogP contribution in [-0.4, -0.2) is 30.7 Å². The van der Waals surface area contributed by atoms with Gasteiger partial charge in [-0.3, -0.25) is 0 Å². The molecule has 2 atom stereocenters. The average molecular weight is 260 g/mol. The molecule has 1 aromatic carbocycles. The van der Waals surface area contributed by atoms with E-state index in [0.717, 1.165) is 6.54 Å². The molecule has 0 spiro atoms. The maximum Gasteiger partial charge on any atom is 0.338 e. The minimum absolute atomic E-state index is 0.395. The van der Waals surface area contributed by atoms with E-state index < -0.39 is 17.6 Å². The Bertz CT molecular complexity index is 499.